The fourth-order valence-corrected chi connectivity index (χ4v) is 2.74. The van der Waals surface area contributed by atoms with Gasteiger partial charge in [0, 0.05) is 18.8 Å². The zero-order valence-electron chi connectivity index (χ0n) is 13.4. The minimum atomic E-state index is -1.09. The third kappa shape index (κ3) is 4.07. The van der Waals surface area contributed by atoms with E-state index in [4.69, 9.17) is 37.8 Å². The van der Waals surface area contributed by atoms with Gasteiger partial charge in [-0.05, 0) is 18.2 Å². The van der Waals surface area contributed by atoms with E-state index in [0.717, 1.165) is 0 Å². The predicted molar refractivity (Wildman–Crippen MR) is 94.1 cm³/mol. The Bertz CT molecular complexity index is 828. The molecular weight excluding hydrogens is 383 g/mol. The molecule has 1 aliphatic rings. The first-order valence-corrected chi connectivity index (χ1v) is 8.43. The molecule has 1 aromatic carbocycles. The molecule has 0 radical (unpaired) electrons. The van der Waals surface area contributed by atoms with Crippen LogP contribution in [0.1, 0.15) is 10.4 Å². The van der Waals surface area contributed by atoms with E-state index in [1.54, 1.807) is 24.3 Å². The number of ether oxygens (including phenoxy) is 2. The summed E-state index contributed by atoms with van der Waals surface area (Å²) in [5.74, 6) is -0.818. The number of pyridine rings is 1. The van der Waals surface area contributed by atoms with Gasteiger partial charge in [0.25, 0.3) is 5.91 Å². The van der Waals surface area contributed by atoms with E-state index in [9.17, 15) is 9.59 Å². The van der Waals surface area contributed by atoms with Crippen LogP contribution in [0.4, 0.5) is 0 Å². The molecule has 1 aliphatic heterocycles. The third-order valence-electron chi connectivity index (χ3n) is 3.74. The minimum absolute atomic E-state index is 0.00938. The maximum atomic E-state index is 12.5. The highest BCUT2D eigenvalue weighted by Gasteiger charge is 2.29. The van der Waals surface area contributed by atoms with Gasteiger partial charge in [0.15, 0.2) is 6.10 Å². The molecule has 1 N–H and O–H groups in total. The van der Waals surface area contributed by atoms with E-state index in [-0.39, 0.29) is 30.0 Å². The molecule has 1 amide bonds. The second-order valence-electron chi connectivity index (χ2n) is 5.49. The van der Waals surface area contributed by atoms with Gasteiger partial charge in [-0.25, -0.2) is 9.78 Å². The lowest BCUT2D eigenvalue weighted by Crippen LogP contribution is -2.48. The van der Waals surface area contributed by atoms with Crippen LogP contribution in [0.3, 0.4) is 0 Å². The maximum absolute atomic E-state index is 12.5. The number of hydrogen-bond donors (Lipinski definition) is 1. The topological polar surface area (TPSA) is 89.0 Å². The molecule has 0 saturated carbocycles. The van der Waals surface area contributed by atoms with E-state index in [0.29, 0.717) is 22.9 Å². The van der Waals surface area contributed by atoms with Crippen molar-refractivity contribution >= 4 is 35.1 Å². The molecule has 0 aliphatic carbocycles. The number of carbonyl (C=O) groups excluding carboxylic acids is 1. The molecule has 1 saturated heterocycles. The van der Waals surface area contributed by atoms with Crippen molar-refractivity contribution in [1.82, 2.24) is 9.88 Å². The molecule has 26 heavy (non-hydrogen) atoms. The molecule has 7 nitrogen and oxygen atoms in total. The number of halogens is 2. The summed E-state index contributed by atoms with van der Waals surface area (Å²) in [6.45, 7) is 0.480. The number of aliphatic carboxylic acids is 1. The Balaban J connectivity index is 1.70. The number of nitrogens with zero attached hydrogens (tertiary/aromatic N) is 2. The van der Waals surface area contributed by atoms with Crippen molar-refractivity contribution in [2.24, 2.45) is 0 Å². The van der Waals surface area contributed by atoms with Crippen molar-refractivity contribution in [3.8, 4) is 11.6 Å². The quantitative estimate of drug-likeness (QED) is 0.853. The van der Waals surface area contributed by atoms with E-state index in [1.165, 1.54) is 17.2 Å². The lowest BCUT2D eigenvalue weighted by molar-refractivity contribution is -0.154. The van der Waals surface area contributed by atoms with Crippen molar-refractivity contribution in [3.63, 3.8) is 0 Å². The molecule has 9 heteroatoms. The summed E-state index contributed by atoms with van der Waals surface area (Å²) < 4.78 is 10.7. The Labute approximate surface area is 159 Å². The van der Waals surface area contributed by atoms with Crippen molar-refractivity contribution in [2.45, 2.75) is 6.10 Å². The summed E-state index contributed by atoms with van der Waals surface area (Å²) in [6.07, 6.45) is 0.342. The zero-order valence-corrected chi connectivity index (χ0v) is 14.9. The van der Waals surface area contributed by atoms with E-state index < -0.39 is 12.1 Å². The van der Waals surface area contributed by atoms with Crippen molar-refractivity contribution in [2.75, 3.05) is 19.7 Å². The second kappa shape index (κ2) is 7.90. The number of hydrogen-bond acceptors (Lipinski definition) is 5. The monoisotopic (exact) mass is 396 g/mol. The van der Waals surface area contributed by atoms with Gasteiger partial charge in [-0.15, -0.1) is 0 Å². The van der Waals surface area contributed by atoms with Crippen LogP contribution < -0.4 is 4.74 Å². The van der Waals surface area contributed by atoms with E-state index in [1.807, 2.05) is 0 Å². The fraction of sp³-hybridized carbons (Fsp3) is 0.235. The Morgan fingerprint density at radius 1 is 1.27 bits per heavy atom. The predicted octanol–water partition coefficient (Wildman–Crippen LogP) is 3.11. The van der Waals surface area contributed by atoms with Crippen LogP contribution in [0, 0.1) is 0 Å². The van der Waals surface area contributed by atoms with Gasteiger partial charge in [0.05, 0.1) is 23.7 Å². The molecule has 2 heterocycles. The van der Waals surface area contributed by atoms with Gasteiger partial charge in [0.2, 0.25) is 5.88 Å². The molecular formula is C17H14Cl2N2O5. The average molecular weight is 397 g/mol. The molecule has 0 bridgehead atoms. The zero-order chi connectivity index (χ0) is 18.7. The molecule has 1 aromatic heterocycles. The van der Waals surface area contributed by atoms with E-state index >= 15 is 0 Å². The second-order valence-corrected chi connectivity index (χ2v) is 6.27. The maximum Gasteiger partial charge on any atom is 0.334 e. The van der Waals surface area contributed by atoms with Crippen molar-refractivity contribution in [3.05, 3.63) is 52.1 Å². The van der Waals surface area contributed by atoms with Crippen molar-refractivity contribution in [1.29, 1.82) is 0 Å². The molecule has 1 atom stereocenters. The minimum Gasteiger partial charge on any atom is -0.479 e. The first-order valence-electron chi connectivity index (χ1n) is 7.67. The van der Waals surface area contributed by atoms with Gasteiger partial charge in [-0.3, -0.25) is 4.79 Å². The Kier molecular flexibility index (Phi) is 5.61. The summed E-state index contributed by atoms with van der Waals surface area (Å²) in [4.78, 5) is 29.0. The van der Waals surface area contributed by atoms with Crippen LogP contribution in [-0.4, -0.2) is 52.7 Å². The number of carboxylic acid groups (broad SMARTS) is 1. The number of aromatic nitrogens is 1. The smallest absolute Gasteiger partial charge is 0.334 e. The highest BCUT2D eigenvalue weighted by atomic mass is 35.5. The van der Waals surface area contributed by atoms with Crippen LogP contribution in [0.15, 0.2) is 36.5 Å². The normalized spacial score (nSPS) is 17.0. The van der Waals surface area contributed by atoms with Gasteiger partial charge in [-0.1, -0.05) is 29.3 Å². The highest BCUT2D eigenvalue weighted by Crippen LogP contribution is 2.34. The average Bonchev–Trinajstić information content (AvgIpc) is 2.65. The van der Waals surface area contributed by atoms with Crippen molar-refractivity contribution < 1.29 is 24.2 Å². The standard InChI is InChI=1S/C17H14Cl2N2O5/c18-11-2-1-3-12(15(11)19)26-14-5-4-10(8-20-14)16(22)21-6-7-25-13(9-21)17(23)24/h1-5,8,13H,6-7,9H2,(H,23,24)/t13-/m0/s1. The molecule has 1 fully saturated rings. The lowest BCUT2D eigenvalue weighted by atomic mass is 10.2. The molecule has 0 unspecified atom stereocenters. The third-order valence-corrected chi connectivity index (χ3v) is 4.54. The van der Waals surface area contributed by atoms with Crippen LogP contribution in [0.25, 0.3) is 0 Å². The summed E-state index contributed by atoms with van der Waals surface area (Å²) in [5.41, 5.74) is 0.320. The Morgan fingerprint density at radius 2 is 2.08 bits per heavy atom. The van der Waals surface area contributed by atoms with Gasteiger partial charge in [-0.2, -0.15) is 0 Å². The number of carbonyl (C=O) groups is 2. The Hall–Kier alpha value is -2.35. The number of morpholine rings is 1. The lowest BCUT2D eigenvalue weighted by Gasteiger charge is -2.30. The summed E-state index contributed by atoms with van der Waals surface area (Å²) in [6, 6.07) is 8.06. The first-order chi connectivity index (χ1) is 12.5. The molecule has 2 aromatic rings. The molecule has 136 valence electrons. The highest BCUT2D eigenvalue weighted by molar-refractivity contribution is 6.42. The van der Waals surface area contributed by atoms with Crippen LogP contribution in [0.5, 0.6) is 11.6 Å². The van der Waals surface area contributed by atoms with Crippen LogP contribution in [0.2, 0.25) is 10.0 Å². The largest absolute Gasteiger partial charge is 0.479 e. The summed E-state index contributed by atoms with van der Waals surface area (Å²) in [5, 5.41) is 9.64. The Morgan fingerprint density at radius 3 is 2.77 bits per heavy atom. The number of amides is 1. The van der Waals surface area contributed by atoms with Gasteiger partial charge in [0.1, 0.15) is 10.8 Å². The van der Waals surface area contributed by atoms with Gasteiger partial charge >= 0.3 is 5.97 Å². The molecule has 3 rings (SSSR count). The summed E-state index contributed by atoms with van der Waals surface area (Å²) in [7, 11) is 0. The number of rotatable bonds is 4. The van der Waals surface area contributed by atoms with Crippen LogP contribution in [-0.2, 0) is 9.53 Å². The number of benzene rings is 1. The van der Waals surface area contributed by atoms with E-state index in [2.05, 4.69) is 4.98 Å². The SMILES string of the molecule is O=C(O)[C@@H]1CN(C(=O)c2ccc(Oc3cccc(Cl)c3Cl)nc2)CCO1. The molecule has 0 spiro atoms. The number of carboxylic acids is 1. The van der Waals surface area contributed by atoms with Gasteiger partial charge < -0.3 is 19.5 Å². The van der Waals surface area contributed by atoms with Crippen LogP contribution >= 0.6 is 23.2 Å². The first kappa shape index (κ1) is 18.4. The summed E-state index contributed by atoms with van der Waals surface area (Å²) >= 11 is 12.0. The fourth-order valence-electron chi connectivity index (χ4n) is 2.41.